The van der Waals surface area contributed by atoms with E-state index in [0.717, 1.165) is 5.56 Å². The molecule has 0 amide bonds. The molecule has 0 unspecified atom stereocenters. The first-order valence-electron chi connectivity index (χ1n) is 4.60. The van der Waals surface area contributed by atoms with E-state index in [1.165, 1.54) is 10.9 Å². The number of hydrogen-bond donors (Lipinski definition) is 2. The van der Waals surface area contributed by atoms with Crippen molar-refractivity contribution in [2.75, 3.05) is 6.61 Å². The SMILES string of the molecule is O=c1[nH]ncn1[C@H](CO)c1ccccc1. The Balaban J connectivity index is 2.42. The normalized spacial score (nSPS) is 12.6. The number of H-pyrrole nitrogens is 1. The molecule has 2 rings (SSSR count). The molecule has 0 saturated carbocycles. The van der Waals surface area contributed by atoms with Gasteiger partial charge in [0.25, 0.3) is 0 Å². The Labute approximate surface area is 86.0 Å². The highest BCUT2D eigenvalue weighted by molar-refractivity contribution is 5.19. The van der Waals surface area contributed by atoms with Crippen molar-refractivity contribution >= 4 is 0 Å². The number of aromatic amines is 1. The van der Waals surface area contributed by atoms with Crippen LogP contribution in [0.4, 0.5) is 0 Å². The van der Waals surface area contributed by atoms with Gasteiger partial charge in [-0.3, -0.25) is 4.57 Å². The topological polar surface area (TPSA) is 70.9 Å². The molecule has 0 aliphatic carbocycles. The molecule has 0 fully saturated rings. The molecule has 5 nitrogen and oxygen atoms in total. The second-order valence-corrected chi connectivity index (χ2v) is 3.18. The Morgan fingerprint density at radius 1 is 1.40 bits per heavy atom. The summed E-state index contributed by atoms with van der Waals surface area (Å²) in [6, 6.07) is 8.96. The fourth-order valence-corrected chi connectivity index (χ4v) is 1.51. The van der Waals surface area contributed by atoms with Gasteiger partial charge in [-0.1, -0.05) is 30.3 Å². The third-order valence-electron chi connectivity index (χ3n) is 2.27. The molecular weight excluding hydrogens is 194 g/mol. The standard InChI is InChI=1S/C10H11N3O2/c14-6-9(8-4-2-1-3-5-8)13-7-11-12-10(13)15/h1-5,7,9,14H,6H2,(H,12,15)/t9-/m1/s1. The lowest BCUT2D eigenvalue weighted by Gasteiger charge is -2.14. The lowest BCUT2D eigenvalue weighted by Crippen LogP contribution is -2.25. The maximum atomic E-state index is 11.3. The number of aromatic nitrogens is 3. The summed E-state index contributed by atoms with van der Waals surface area (Å²) < 4.78 is 1.37. The Morgan fingerprint density at radius 3 is 2.67 bits per heavy atom. The lowest BCUT2D eigenvalue weighted by molar-refractivity contribution is 0.247. The van der Waals surface area contributed by atoms with Crippen LogP contribution in [0.2, 0.25) is 0 Å². The number of benzene rings is 1. The Kier molecular flexibility index (Phi) is 2.64. The summed E-state index contributed by atoms with van der Waals surface area (Å²) in [5, 5.41) is 15.2. The van der Waals surface area contributed by atoms with Gasteiger partial charge in [0.2, 0.25) is 0 Å². The van der Waals surface area contributed by atoms with Crippen molar-refractivity contribution in [1.82, 2.24) is 14.8 Å². The van der Waals surface area contributed by atoms with Crippen LogP contribution < -0.4 is 5.69 Å². The minimum atomic E-state index is -0.377. The van der Waals surface area contributed by atoms with Gasteiger partial charge in [-0.25, -0.2) is 9.89 Å². The van der Waals surface area contributed by atoms with Crippen LogP contribution in [-0.4, -0.2) is 26.5 Å². The smallest absolute Gasteiger partial charge is 0.343 e. The molecule has 5 heteroatoms. The second-order valence-electron chi connectivity index (χ2n) is 3.18. The van der Waals surface area contributed by atoms with Crippen molar-refractivity contribution in [1.29, 1.82) is 0 Å². The second kappa shape index (κ2) is 4.10. The van der Waals surface area contributed by atoms with Crippen LogP contribution in [0.15, 0.2) is 41.5 Å². The average molecular weight is 205 g/mol. The minimum absolute atomic E-state index is 0.135. The largest absolute Gasteiger partial charge is 0.394 e. The highest BCUT2D eigenvalue weighted by atomic mass is 16.3. The first-order valence-corrected chi connectivity index (χ1v) is 4.60. The van der Waals surface area contributed by atoms with Gasteiger partial charge < -0.3 is 5.11 Å². The zero-order chi connectivity index (χ0) is 10.7. The van der Waals surface area contributed by atoms with Crippen LogP contribution in [0.1, 0.15) is 11.6 Å². The van der Waals surface area contributed by atoms with Crippen molar-refractivity contribution in [3.05, 3.63) is 52.7 Å². The summed E-state index contributed by atoms with van der Waals surface area (Å²) in [5.74, 6) is 0. The Hall–Kier alpha value is -1.88. The molecule has 0 radical (unpaired) electrons. The molecule has 1 atom stereocenters. The third-order valence-corrected chi connectivity index (χ3v) is 2.27. The monoisotopic (exact) mass is 205 g/mol. The summed E-state index contributed by atoms with van der Waals surface area (Å²) in [6.45, 7) is -0.135. The quantitative estimate of drug-likeness (QED) is 0.749. The van der Waals surface area contributed by atoms with Gasteiger partial charge in [-0.15, -0.1) is 0 Å². The first kappa shape index (κ1) is 9.67. The highest BCUT2D eigenvalue weighted by Gasteiger charge is 2.13. The summed E-state index contributed by atoms with van der Waals surface area (Å²) in [6.07, 6.45) is 1.39. The van der Waals surface area contributed by atoms with E-state index >= 15 is 0 Å². The molecule has 78 valence electrons. The van der Waals surface area contributed by atoms with Gasteiger partial charge in [-0.05, 0) is 5.56 Å². The van der Waals surface area contributed by atoms with E-state index in [0.29, 0.717) is 0 Å². The predicted molar refractivity (Wildman–Crippen MR) is 54.5 cm³/mol. The molecule has 2 N–H and O–H groups in total. The minimum Gasteiger partial charge on any atom is -0.394 e. The summed E-state index contributed by atoms with van der Waals surface area (Å²) in [4.78, 5) is 11.3. The lowest BCUT2D eigenvalue weighted by atomic mass is 10.1. The van der Waals surface area contributed by atoms with Gasteiger partial charge >= 0.3 is 5.69 Å². The molecule has 0 aliphatic heterocycles. The number of rotatable bonds is 3. The third kappa shape index (κ3) is 1.82. The van der Waals surface area contributed by atoms with E-state index in [4.69, 9.17) is 0 Å². The molecule has 0 aliphatic rings. The summed E-state index contributed by atoms with van der Waals surface area (Å²) in [5.41, 5.74) is 0.557. The summed E-state index contributed by atoms with van der Waals surface area (Å²) in [7, 11) is 0. The van der Waals surface area contributed by atoms with E-state index < -0.39 is 0 Å². The zero-order valence-corrected chi connectivity index (χ0v) is 8.00. The zero-order valence-electron chi connectivity index (χ0n) is 8.00. The maximum absolute atomic E-state index is 11.3. The van der Waals surface area contributed by atoms with Crippen LogP contribution in [0.25, 0.3) is 0 Å². The number of aliphatic hydroxyl groups is 1. The maximum Gasteiger partial charge on any atom is 0.343 e. The number of aliphatic hydroxyl groups excluding tert-OH is 1. The van der Waals surface area contributed by atoms with Crippen LogP contribution in [0, 0.1) is 0 Å². The predicted octanol–water partition coefficient (Wildman–Crippen LogP) is 0.153. The van der Waals surface area contributed by atoms with E-state index in [1.54, 1.807) is 0 Å². The van der Waals surface area contributed by atoms with Gasteiger partial charge in [0.1, 0.15) is 6.33 Å². The van der Waals surface area contributed by atoms with E-state index in [1.807, 2.05) is 30.3 Å². The molecule has 1 aromatic carbocycles. The van der Waals surface area contributed by atoms with Crippen LogP contribution >= 0.6 is 0 Å². The van der Waals surface area contributed by atoms with Crippen molar-refractivity contribution < 1.29 is 5.11 Å². The highest BCUT2D eigenvalue weighted by Crippen LogP contribution is 2.14. The number of nitrogens with zero attached hydrogens (tertiary/aromatic N) is 2. The average Bonchev–Trinajstić information content (AvgIpc) is 2.68. The van der Waals surface area contributed by atoms with Gasteiger partial charge in [0.15, 0.2) is 0 Å². The van der Waals surface area contributed by atoms with Crippen LogP contribution in [0.5, 0.6) is 0 Å². The van der Waals surface area contributed by atoms with Crippen molar-refractivity contribution in [2.45, 2.75) is 6.04 Å². The van der Waals surface area contributed by atoms with Crippen LogP contribution in [-0.2, 0) is 0 Å². The summed E-state index contributed by atoms with van der Waals surface area (Å²) >= 11 is 0. The van der Waals surface area contributed by atoms with E-state index in [2.05, 4.69) is 10.2 Å². The van der Waals surface area contributed by atoms with E-state index in [-0.39, 0.29) is 18.3 Å². The molecule has 2 aromatic rings. The fourth-order valence-electron chi connectivity index (χ4n) is 1.51. The van der Waals surface area contributed by atoms with Crippen molar-refractivity contribution in [3.8, 4) is 0 Å². The van der Waals surface area contributed by atoms with Crippen molar-refractivity contribution in [3.63, 3.8) is 0 Å². The molecule has 1 aromatic heterocycles. The fraction of sp³-hybridized carbons (Fsp3) is 0.200. The van der Waals surface area contributed by atoms with E-state index in [9.17, 15) is 9.90 Å². The molecule has 0 bridgehead atoms. The molecule has 0 saturated heterocycles. The molecular formula is C10H11N3O2. The first-order chi connectivity index (χ1) is 7.33. The Morgan fingerprint density at radius 2 is 2.13 bits per heavy atom. The van der Waals surface area contributed by atoms with Gasteiger partial charge in [0, 0.05) is 0 Å². The number of nitrogens with one attached hydrogen (secondary N) is 1. The van der Waals surface area contributed by atoms with Gasteiger partial charge in [0.05, 0.1) is 12.6 Å². The Bertz CT molecular complexity index is 475. The van der Waals surface area contributed by atoms with Gasteiger partial charge in [-0.2, -0.15) is 5.10 Å². The molecule has 1 heterocycles. The van der Waals surface area contributed by atoms with Crippen LogP contribution in [0.3, 0.4) is 0 Å². The number of hydrogen-bond acceptors (Lipinski definition) is 3. The molecule has 15 heavy (non-hydrogen) atoms. The molecule has 0 spiro atoms. The van der Waals surface area contributed by atoms with Crippen molar-refractivity contribution in [2.24, 2.45) is 0 Å².